The molecule has 0 saturated heterocycles. The highest BCUT2D eigenvalue weighted by Gasteiger charge is 2.10. The molecular formula is C14H16BrFN2O. The summed E-state index contributed by atoms with van der Waals surface area (Å²) in [6.45, 7) is 6.38. The monoisotopic (exact) mass is 326 g/mol. The van der Waals surface area contributed by atoms with Crippen molar-refractivity contribution in [2.24, 2.45) is 0 Å². The molecule has 0 bridgehead atoms. The first-order valence-corrected chi connectivity index (χ1v) is 6.88. The van der Waals surface area contributed by atoms with Crippen LogP contribution in [0.2, 0.25) is 0 Å². The smallest absolute Gasteiger partial charge is 0.208 e. The fourth-order valence-electron chi connectivity index (χ4n) is 1.75. The van der Waals surface area contributed by atoms with Crippen molar-refractivity contribution >= 4 is 15.9 Å². The predicted octanol–water partition coefficient (Wildman–Crippen LogP) is 4.04. The van der Waals surface area contributed by atoms with Crippen LogP contribution in [-0.2, 0) is 6.54 Å². The maximum atomic E-state index is 13.2. The highest BCUT2D eigenvalue weighted by Crippen LogP contribution is 2.21. The standard InChI is InChI=1S/C14H16BrFN2O/c1-8-10(3)19-14(18-8)7-17-9(2)11-4-5-13(16)12(15)6-11/h4-6,9,17H,7H2,1-3H3. The first-order chi connectivity index (χ1) is 8.97. The molecule has 3 nitrogen and oxygen atoms in total. The molecule has 2 rings (SSSR count). The molecular weight excluding hydrogens is 311 g/mol. The molecule has 1 atom stereocenters. The zero-order chi connectivity index (χ0) is 14.0. The lowest BCUT2D eigenvalue weighted by atomic mass is 10.1. The molecule has 5 heteroatoms. The Morgan fingerprint density at radius 1 is 1.42 bits per heavy atom. The number of aromatic nitrogens is 1. The van der Waals surface area contributed by atoms with E-state index in [0.29, 0.717) is 16.9 Å². The highest BCUT2D eigenvalue weighted by atomic mass is 79.9. The van der Waals surface area contributed by atoms with Crippen LogP contribution < -0.4 is 5.32 Å². The number of hydrogen-bond donors (Lipinski definition) is 1. The molecule has 0 saturated carbocycles. The quantitative estimate of drug-likeness (QED) is 0.921. The van der Waals surface area contributed by atoms with Crippen LogP contribution in [0.15, 0.2) is 27.1 Å². The molecule has 1 heterocycles. The van der Waals surface area contributed by atoms with Gasteiger partial charge in [0.15, 0.2) is 0 Å². The SMILES string of the molecule is Cc1nc(CNC(C)c2ccc(F)c(Br)c2)oc1C. The van der Waals surface area contributed by atoms with Gasteiger partial charge in [0.05, 0.1) is 16.7 Å². The molecule has 2 aromatic rings. The van der Waals surface area contributed by atoms with E-state index in [2.05, 4.69) is 26.2 Å². The van der Waals surface area contributed by atoms with Gasteiger partial charge in [-0.15, -0.1) is 0 Å². The molecule has 0 amide bonds. The van der Waals surface area contributed by atoms with Gasteiger partial charge in [0.2, 0.25) is 5.89 Å². The molecule has 0 aliphatic rings. The number of halogens is 2. The number of hydrogen-bond acceptors (Lipinski definition) is 3. The number of rotatable bonds is 4. The van der Waals surface area contributed by atoms with Gasteiger partial charge in [-0.25, -0.2) is 9.37 Å². The Balaban J connectivity index is 2.00. The third kappa shape index (κ3) is 3.42. The Hall–Kier alpha value is -1.20. The first kappa shape index (κ1) is 14.2. The van der Waals surface area contributed by atoms with Gasteiger partial charge in [0.1, 0.15) is 11.6 Å². The summed E-state index contributed by atoms with van der Waals surface area (Å²) < 4.78 is 19.1. The summed E-state index contributed by atoms with van der Waals surface area (Å²) in [6, 6.07) is 5.09. The van der Waals surface area contributed by atoms with Gasteiger partial charge in [-0.2, -0.15) is 0 Å². The van der Waals surface area contributed by atoms with E-state index >= 15 is 0 Å². The lowest BCUT2D eigenvalue weighted by molar-refractivity contribution is 0.432. The van der Waals surface area contributed by atoms with Gasteiger partial charge in [-0.05, 0) is 54.4 Å². The fraction of sp³-hybridized carbons (Fsp3) is 0.357. The normalized spacial score (nSPS) is 12.7. The lowest BCUT2D eigenvalue weighted by Gasteiger charge is -2.13. The van der Waals surface area contributed by atoms with Crippen molar-refractivity contribution in [2.45, 2.75) is 33.4 Å². The van der Waals surface area contributed by atoms with E-state index in [0.717, 1.165) is 17.0 Å². The zero-order valence-electron chi connectivity index (χ0n) is 11.1. The van der Waals surface area contributed by atoms with E-state index < -0.39 is 0 Å². The van der Waals surface area contributed by atoms with Gasteiger partial charge < -0.3 is 9.73 Å². The molecule has 1 N–H and O–H groups in total. The van der Waals surface area contributed by atoms with E-state index in [1.807, 2.05) is 20.8 Å². The van der Waals surface area contributed by atoms with Crippen LogP contribution >= 0.6 is 15.9 Å². The maximum absolute atomic E-state index is 13.2. The Bertz CT molecular complexity index is 563. The molecule has 1 aromatic heterocycles. The Kier molecular flexibility index (Phi) is 4.37. The van der Waals surface area contributed by atoms with Crippen LogP contribution in [0.3, 0.4) is 0 Å². The minimum absolute atomic E-state index is 0.0874. The zero-order valence-corrected chi connectivity index (χ0v) is 12.7. The van der Waals surface area contributed by atoms with Crippen molar-refractivity contribution in [3.63, 3.8) is 0 Å². The van der Waals surface area contributed by atoms with Gasteiger partial charge in [0, 0.05) is 6.04 Å². The van der Waals surface area contributed by atoms with Crippen LogP contribution in [-0.4, -0.2) is 4.98 Å². The summed E-state index contributed by atoms with van der Waals surface area (Å²) in [5, 5.41) is 3.30. The topological polar surface area (TPSA) is 38.1 Å². The fourth-order valence-corrected chi connectivity index (χ4v) is 2.15. The Morgan fingerprint density at radius 3 is 2.74 bits per heavy atom. The molecule has 0 aliphatic carbocycles. The molecule has 0 radical (unpaired) electrons. The van der Waals surface area contributed by atoms with E-state index in [-0.39, 0.29) is 11.9 Å². The van der Waals surface area contributed by atoms with Gasteiger partial charge >= 0.3 is 0 Å². The van der Waals surface area contributed by atoms with Crippen molar-refractivity contribution in [1.82, 2.24) is 10.3 Å². The highest BCUT2D eigenvalue weighted by molar-refractivity contribution is 9.10. The van der Waals surface area contributed by atoms with E-state index in [9.17, 15) is 4.39 Å². The van der Waals surface area contributed by atoms with E-state index in [1.54, 1.807) is 12.1 Å². The second-order valence-electron chi connectivity index (χ2n) is 4.53. The van der Waals surface area contributed by atoms with E-state index in [1.165, 1.54) is 6.07 Å². The second-order valence-corrected chi connectivity index (χ2v) is 5.38. The number of aryl methyl sites for hydroxylation is 2. The van der Waals surface area contributed by atoms with Crippen LogP contribution in [0, 0.1) is 19.7 Å². The predicted molar refractivity (Wildman–Crippen MR) is 75.3 cm³/mol. The van der Waals surface area contributed by atoms with Crippen LogP contribution in [0.25, 0.3) is 0 Å². The molecule has 0 spiro atoms. The molecule has 1 aromatic carbocycles. The van der Waals surface area contributed by atoms with Crippen molar-refractivity contribution in [2.75, 3.05) is 0 Å². The number of nitrogens with zero attached hydrogens (tertiary/aromatic N) is 1. The number of benzene rings is 1. The van der Waals surface area contributed by atoms with Crippen molar-refractivity contribution in [1.29, 1.82) is 0 Å². The lowest BCUT2D eigenvalue weighted by Crippen LogP contribution is -2.18. The molecule has 0 fully saturated rings. The average Bonchev–Trinajstić information content (AvgIpc) is 2.69. The minimum atomic E-state index is -0.255. The van der Waals surface area contributed by atoms with Crippen molar-refractivity contribution in [3.05, 3.63) is 51.4 Å². The van der Waals surface area contributed by atoms with Gasteiger partial charge in [-0.3, -0.25) is 0 Å². The van der Waals surface area contributed by atoms with Crippen molar-refractivity contribution in [3.8, 4) is 0 Å². The largest absolute Gasteiger partial charge is 0.444 e. The molecule has 19 heavy (non-hydrogen) atoms. The summed E-state index contributed by atoms with van der Waals surface area (Å²) in [5.41, 5.74) is 1.92. The van der Waals surface area contributed by atoms with Crippen LogP contribution in [0.5, 0.6) is 0 Å². The maximum Gasteiger partial charge on any atom is 0.208 e. The number of nitrogens with one attached hydrogen (secondary N) is 1. The average molecular weight is 327 g/mol. The summed E-state index contributed by atoms with van der Waals surface area (Å²) in [6.07, 6.45) is 0. The van der Waals surface area contributed by atoms with Crippen molar-refractivity contribution < 1.29 is 8.81 Å². The van der Waals surface area contributed by atoms with E-state index in [4.69, 9.17) is 4.42 Å². The molecule has 1 unspecified atom stereocenters. The Labute approximate surface area is 120 Å². The second kappa shape index (κ2) is 5.84. The third-order valence-corrected chi connectivity index (χ3v) is 3.68. The number of oxazole rings is 1. The Morgan fingerprint density at radius 2 is 2.16 bits per heavy atom. The third-order valence-electron chi connectivity index (χ3n) is 3.08. The van der Waals surface area contributed by atoms with Gasteiger partial charge in [0.25, 0.3) is 0 Å². The van der Waals surface area contributed by atoms with Crippen LogP contribution in [0.4, 0.5) is 4.39 Å². The molecule has 102 valence electrons. The summed E-state index contributed by atoms with van der Waals surface area (Å²) in [5.74, 6) is 1.26. The van der Waals surface area contributed by atoms with Crippen LogP contribution in [0.1, 0.15) is 35.9 Å². The van der Waals surface area contributed by atoms with Gasteiger partial charge in [-0.1, -0.05) is 6.07 Å². The molecule has 0 aliphatic heterocycles. The summed E-state index contributed by atoms with van der Waals surface area (Å²) in [7, 11) is 0. The first-order valence-electron chi connectivity index (χ1n) is 6.08. The minimum Gasteiger partial charge on any atom is -0.444 e. The summed E-state index contributed by atoms with van der Waals surface area (Å²) in [4.78, 5) is 4.31. The summed E-state index contributed by atoms with van der Waals surface area (Å²) >= 11 is 3.19.